The first-order chi connectivity index (χ1) is 13.0. The molecule has 0 unspecified atom stereocenters. The Hall–Kier alpha value is -2.32. The van der Waals surface area contributed by atoms with Gasteiger partial charge in [0.2, 0.25) is 5.91 Å². The first kappa shape index (κ1) is 19.4. The summed E-state index contributed by atoms with van der Waals surface area (Å²) in [6.45, 7) is 6.82. The number of nitrogens with zero attached hydrogens (tertiary/aromatic N) is 1. The van der Waals surface area contributed by atoms with Gasteiger partial charge in [-0.2, -0.15) is 5.26 Å². The number of rotatable bonds is 6. The van der Waals surface area contributed by atoms with Crippen LogP contribution in [0.3, 0.4) is 0 Å². The standard InChI is InChI=1S/C22H26N2O2S/c1-14-7-9-19(16(3)11-14)26-10-4-5-21(25)24-22-18(13-23)17-8-6-15(2)12-20(17)27-22/h7,9,11,15H,4-6,8,10,12H2,1-3H3,(H,24,25)/t15-/m0/s1. The highest BCUT2D eigenvalue weighted by atomic mass is 32.1. The maximum absolute atomic E-state index is 12.3. The number of fused-ring (bicyclic) bond motifs is 1. The zero-order valence-electron chi connectivity index (χ0n) is 16.2. The monoisotopic (exact) mass is 382 g/mol. The first-order valence-electron chi connectivity index (χ1n) is 9.52. The summed E-state index contributed by atoms with van der Waals surface area (Å²) < 4.78 is 5.79. The Morgan fingerprint density at radius 2 is 2.22 bits per heavy atom. The molecule has 142 valence electrons. The number of hydrogen-bond acceptors (Lipinski definition) is 4. The number of ether oxygens (including phenoxy) is 1. The lowest BCUT2D eigenvalue weighted by Crippen LogP contribution is -2.13. The molecule has 1 atom stereocenters. The van der Waals surface area contributed by atoms with E-state index in [4.69, 9.17) is 4.74 Å². The van der Waals surface area contributed by atoms with Crippen molar-refractivity contribution >= 4 is 22.2 Å². The highest BCUT2D eigenvalue weighted by molar-refractivity contribution is 7.16. The van der Waals surface area contributed by atoms with Crippen LogP contribution in [-0.4, -0.2) is 12.5 Å². The Balaban J connectivity index is 1.52. The third-order valence-corrected chi connectivity index (χ3v) is 6.18. The lowest BCUT2D eigenvalue weighted by molar-refractivity contribution is -0.116. The smallest absolute Gasteiger partial charge is 0.225 e. The molecule has 0 aliphatic heterocycles. The van der Waals surface area contributed by atoms with E-state index in [0.29, 0.717) is 30.9 Å². The summed E-state index contributed by atoms with van der Waals surface area (Å²) in [5, 5.41) is 13.2. The minimum absolute atomic E-state index is 0.0534. The largest absolute Gasteiger partial charge is 0.493 e. The van der Waals surface area contributed by atoms with E-state index in [9.17, 15) is 10.1 Å². The van der Waals surface area contributed by atoms with E-state index >= 15 is 0 Å². The minimum Gasteiger partial charge on any atom is -0.493 e. The van der Waals surface area contributed by atoms with Crippen LogP contribution in [0.15, 0.2) is 18.2 Å². The Labute approximate surface area is 165 Å². The van der Waals surface area contributed by atoms with E-state index in [1.807, 2.05) is 19.1 Å². The van der Waals surface area contributed by atoms with Crippen LogP contribution in [-0.2, 0) is 17.6 Å². The number of amides is 1. The van der Waals surface area contributed by atoms with E-state index in [1.54, 1.807) is 11.3 Å². The van der Waals surface area contributed by atoms with E-state index in [2.05, 4.69) is 31.3 Å². The number of nitriles is 1. The van der Waals surface area contributed by atoms with Crippen LogP contribution in [0.5, 0.6) is 5.75 Å². The van der Waals surface area contributed by atoms with Crippen LogP contribution in [0.2, 0.25) is 0 Å². The van der Waals surface area contributed by atoms with E-state index < -0.39 is 0 Å². The molecule has 3 rings (SSSR count). The van der Waals surface area contributed by atoms with Gasteiger partial charge in [0.15, 0.2) is 0 Å². The van der Waals surface area contributed by atoms with E-state index in [1.165, 1.54) is 10.4 Å². The number of anilines is 1. The topological polar surface area (TPSA) is 62.1 Å². The number of thiophene rings is 1. The summed E-state index contributed by atoms with van der Waals surface area (Å²) in [4.78, 5) is 13.6. The van der Waals surface area contributed by atoms with Crippen molar-refractivity contribution in [1.82, 2.24) is 0 Å². The molecule has 4 nitrogen and oxygen atoms in total. The van der Waals surface area contributed by atoms with Gasteiger partial charge in [-0.05, 0) is 62.6 Å². The van der Waals surface area contributed by atoms with E-state index in [-0.39, 0.29) is 5.91 Å². The first-order valence-corrected chi connectivity index (χ1v) is 10.3. The molecule has 1 aliphatic carbocycles. The van der Waals surface area contributed by atoms with Gasteiger partial charge in [0.25, 0.3) is 0 Å². The Morgan fingerprint density at radius 1 is 1.41 bits per heavy atom. The SMILES string of the molecule is Cc1ccc(OCCCC(=O)Nc2sc3c(c2C#N)CC[C@H](C)C3)c(C)c1. The van der Waals surface area contributed by atoms with Crippen LogP contribution in [0.25, 0.3) is 0 Å². The van der Waals surface area contributed by atoms with Crippen molar-refractivity contribution in [1.29, 1.82) is 5.26 Å². The third kappa shape index (κ3) is 4.70. The second-order valence-corrected chi connectivity index (χ2v) is 8.54. The van der Waals surface area contributed by atoms with Crippen LogP contribution in [0.1, 0.15) is 53.3 Å². The van der Waals surface area contributed by atoms with Crippen molar-refractivity contribution in [2.75, 3.05) is 11.9 Å². The van der Waals surface area contributed by atoms with Gasteiger partial charge in [-0.1, -0.05) is 24.6 Å². The van der Waals surface area contributed by atoms with Gasteiger partial charge in [-0.15, -0.1) is 11.3 Å². The summed E-state index contributed by atoms with van der Waals surface area (Å²) >= 11 is 1.57. The molecule has 0 saturated heterocycles. The number of nitrogens with one attached hydrogen (secondary N) is 1. The number of carbonyl (C=O) groups excluding carboxylic acids is 1. The Kier molecular flexibility index (Phi) is 6.18. The second kappa shape index (κ2) is 8.58. The summed E-state index contributed by atoms with van der Waals surface area (Å²) in [6, 6.07) is 8.38. The maximum atomic E-state index is 12.3. The molecule has 0 fully saturated rings. The predicted molar refractivity (Wildman–Crippen MR) is 109 cm³/mol. The molecule has 1 aromatic carbocycles. The molecule has 27 heavy (non-hydrogen) atoms. The highest BCUT2D eigenvalue weighted by Crippen LogP contribution is 2.39. The van der Waals surface area contributed by atoms with Crippen molar-refractivity contribution < 1.29 is 9.53 Å². The molecule has 5 heteroatoms. The van der Waals surface area contributed by atoms with Crippen LogP contribution < -0.4 is 10.1 Å². The molecule has 0 bridgehead atoms. The van der Waals surface area contributed by atoms with Crippen molar-refractivity contribution in [3.63, 3.8) is 0 Å². The predicted octanol–water partition coefficient (Wildman–Crippen LogP) is 5.16. The Morgan fingerprint density at radius 3 is 2.96 bits per heavy atom. The third-order valence-electron chi connectivity index (χ3n) is 5.01. The molecule has 1 aromatic heterocycles. The fourth-order valence-corrected chi connectivity index (χ4v) is 4.90. The molecular weight excluding hydrogens is 356 g/mol. The number of benzene rings is 1. The van der Waals surface area contributed by atoms with Gasteiger partial charge in [0.1, 0.15) is 16.8 Å². The zero-order chi connectivity index (χ0) is 19.4. The maximum Gasteiger partial charge on any atom is 0.225 e. The van der Waals surface area contributed by atoms with Gasteiger partial charge in [-0.3, -0.25) is 4.79 Å². The van der Waals surface area contributed by atoms with E-state index in [0.717, 1.165) is 41.1 Å². The van der Waals surface area contributed by atoms with Gasteiger partial charge < -0.3 is 10.1 Å². The minimum atomic E-state index is -0.0534. The van der Waals surface area contributed by atoms with Crippen LogP contribution >= 0.6 is 11.3 Å². The highest BCUT2D eigenvalue weighted by Gasteiger charge is 2.24. The van der Waals surface area contributed by atoms with Crippen LogP contribution in [0, 0.1) is 31.1 Å². The zero-order valence-corrected chi connectivity index (χ0v) is 17.0. The summed E-state index contributed by atoms with van der Waals surface area (Å²) in [5.74, 6) is 1.46. The second-order valence-electron chi connectivity index (χ2n) is 7.44. The van der Waals surface area contributed by atoms with Crippen molar-refractivity contribution in [2.45, 2.75) is 52.9 Å². The molecule has 1 amide bonds. The van der Waals surface area contributed by atoms with Crippen molar-refractivity contribution in [3.8, 4) is 11.8 Å². The average molecular weight is 383 g/mol. The number of hydrogen-bond donors (Lipinski definition) is 1. The van der Waals surface area contributed by atoms with Gasteiger partial charge in [-0.25, -0.2) is 0 Å². The van der Waals surface area contributed by atoms with Gasteiger partial charge >= 0.3 is 0 Å². The number of aryl methyl sites for hydroxylation is 2. The van der Waals surface area contributed by atoms with Crippen molar-refractivity contribution in [3.05, 3.63) is 45.3 Å². The normalized spacial score (nSPS) is 15.7. The molecule has 0 radical (unpaired) electrons. The summed E-state index contributed by atoms with van der Waals surface area (Å²) in [5.41, 5.74) is 4.13. The number of carbonyl (C=O) groups is 1. The molecule has 1 N–H and O–H groups in total. The fourth-order valence-electron chi connectivity index (χ4n) is 3.52. The van der Waals surface area contributed by atoms with Gasteiger partial charge in [0.05, 0.1) is 12.2 Å². The van der Waals surface area contributed by atoms with Crippen molar-refractivity contribution in [2.24, 2.45) is 5.92 Å². The molecule has 1 aliphatic rings. The van der Waals surface area contributed by atoms with Crippen LogP contribution in [0.4, 0.5) is 5.00 Å². The summed E-state index contributed by atoms with van der Waals surface area (Å²) in [7, 11) is 0. The summed E-state index contributed by atoms with van der Waals surface area (Å²) in [6.07, 6.45) is 4.09. The lowest BCUT2D eigenvalue weighted by atomic mass is 9.88. The molecule has 0 spiro atoms. The van der Waals surface area contributed by atoms with Gasteiger partial charge in [0, 0.05) is 11.3 Å². The Bertz CT molecular complexity index is 879. The molecular formula is C22H26N2O2S. The molecule has 0 saturated carbocycles. The lowest BCUT2D eigenvalue weighted by Gasteiger charge is -2.17. The molecule has 1 heterocycles. The molecule has 2 aromatic rings. The average Bonchev–Trinajstić information content (AvgIpc) is 2.96. The quantitative estimate of drug-likeness (QED) is 0.702. The fraction of sp³-hybridized carbons (Fsp3) is 0.455.